The molecule has 2 aliphatic rings. The van der Waals surface area contributed by atoms with Gasteiger partial charge in [0, 0.05) is 29.6 Å². The van der Waals surface area contributed by atoms with Crippen LogP contribution in [0.2, 0.25) is 0 Å². The van der Waals surface area contributed by atoms with Gasteiger partial charge in [-0.1, -0.05) is 22.4 Å². The van der Waals surface area contributed by atoms with Crippen molar-refractivity contribution in [1.29, 1.82) is 0 Å². The Morgan fingerprint density at radius 3 is 2.85 bits per heavy atom. The predicted molar refractivity (Wildman–Crippen MR) is 85.3 cm³/mol. The first-order valence-corrected chi connectivity index (χ1v) is 8.48. The number of nitrogens with zero attached hydrogens (tertiary/aromatic N) is 1. The van der Waals surface area contributed by atoms with Gasteiger partial charge in [-0.3, -0.25) is 4.90 Å². The Bertz CT molecular complexity index is 423. The van der Waals surface area contributed by atoms with Crippen LogP contribution in [0.4, 0.5) is 0 Å². The number of hydrogen-bond donors (Lipinski definition) is 1. The van der Waals surface area contributed by atoms with E-state index in [4.69, 9.17) is 4.74 Å². The van der Waals surface area contributed by atoms with E-state index in [0.29, 0.717) is 6.04 Å². The number of rotatable bonds is 5. The van der Waals surface area contributed by atoms with Crippen LogP contribution in [0.5, 0.6) is 5.75 Å². The third kappa shape index (κ3) is 3.54. The average Bonchev–Trinajstić information content (AvgIpc) is 2.89. The fraction of sp³-hybridized carbons (Fsp3) is 0.625. The molecule has 0 radical (unpaired) electrons. The number of hydrogen-bond acceptors (Lipinski definition) is 3. The molecule has 110 valence electrons. The zero-order valence-electron chi connectivity index (χ0n) is 11.9. The highest BCUT2D eigenvalue weighted by molar-refractivity contribution is 9.10. The molecular formula is C16H23BrN2O. The minimum absolute atomic E-state index is 0.670. The Balaban J connectivity index is 1.38. The Kier molecular flexibility index (Phi) is 4.97. The third-order valence-electron chi connectivity index (χ3n) is 4.45. The maximum absolute atomic E-state index is 5.76. The number of piperidine rings is 1. The van der Waals surface area contributed by atoms with Gasteiger partial charge in [0.25, 0.3) is 0 Å². The normalized spacial score (nSPS) is 26.4. The zero-order chi connectivity index (χ0) is 13.8. The first-order chi connectivity index (χ1) is 9.83. The number of ether oxygens (including phenoxy) is 1. The number of halogens is 1. The van der Waals surface area contributed by atoms with Crippen molar-refractivity contribution in [2.45, 2.75) is 37.8 Å². The largest absolute Gasteiger partial charge is 0.492 e. The molecule has 0 spiro atoms. The van der Waals surface area contributed by atoms with Gasteiger partial charge in [-0.2, -0.15) is 0 Å². The van der Waals surface area contributed by atoms with E-state index >= 15 is 0 Å². The summed E-state index contributed by atoms with van der Waals surface area (Å²) in [4.78, 5) is 2.66. The highest BCUT2D eigenvalue weighted by Gasteiger charge is 2.34. The van der Waals surface area contributed by atoms with Gasteiger partial charge in [-0.25, -0.2) is 0 Å². The van der Waals surface area contributed by atoms with Crippen molar-refractivity contribution < 1.29 is 4.74 Å². The molecule has 0 saturated carbocycles. The van der Waals surface area contributed by atoms with Gasteiger partial charge in [0.2, 0.25) is 0 Å². The second-order valence-corrected chi connectivity index (χ2v) is 6.67. The van der Waals surface area contributed by atoms with Crippen molar-refractivity contribution in [2.24, 2.45) is 0 Å². The molecule has 1 aromatic carbocycles. The van der Waals surface area contributed by atoms with E-state index in [9.17, 15) is 0 Å². The van der Waals surface area contributed by atoms with E-state index in [1.54, 1.807) is 0 Å². The summed E-state index contributed by atoms with van der Waals surface area (Å²) in [5.74, 6) is 0.945. The van der Waals surface area contributed by atoms with Crippen molar-refractivity contribution >= 4 is 15.9 Å². The van der Waals surface area contributed by atoms with Crippen molar-refractivity contribution in [3.05, 3.63) is 28.7 Å². The fourth-order valence-electron chi connectivity index (χ4n) is 3.43. The topological polar surface area (TPSA) is 24.5 Å². The van der Waals surface area contributed by atoms with Crippen molar-refractivity contribution in [3.63, 3.8) is 0 Å². The Morgan fingerprint density at radius 1 is 1.15 bits per heavy atom. The SMILES string of the molecule is Brc1ccc(OCCNC2CCN3CCCCC23)cc1. The van der Waals surface area contributed by atoms with Crippen molar-refractivity contribution in [1.82, 2.24) is 10.2 Å². The number of benzene rings is 1. The molecule has 2 atom stereocenters. The van der Waals surface area contributed by atoms with Crippen LogP contribution in [0.25, 0.3) is 0 Å². The summed E-state index contributed by atoms with van der Waals surface area (Å²) in [6, 6.07) is 9.48. The van der Waals surface area contributed by atoms with E-state index < -0.39 is 0 Å². The van der Waals surface area contributed by atoms with E-state index in [2.05, 4.69) is 26.1 Å². The molecule has 20 heavy (non-hydrogen) atoms. The second kappa shape index (κ2) is 6.92. The monoisotopic (exact) mass is 338 g/mol. The van der Waals surface area contributed by atoms with Crippen LogP contribution in [0, 0.1) is 0 Å². The first-order valence-electron chi connectivity index (χ1n) is 7.69. The molecule has 2 fully saturated rings. The van der Waals surface area contributed by atoms with Crippen LogP contribution in [-0.2, 0) is 0 Å². The number of nitrogens with one attached hydrogen (secondary N) is 1. The average molecular weight is 339 g/mol. The lowest BCUT2D eigenvalue weighted by Gasteiger charge is -2.32. The van der Waals surface area contributed by atoms with Gasteiger partial charge in [0.15, 0.2) is 0 Å². The van der Waals surface area contributed by atoms with Crippen molar-refractivity contribution in [3.8, 4) is 5.75 Å². The van der Waals surface area contributed by atoms with E-state index in [1.807, 2.05) is 24.3 Å². The van der Waals surface area contributed by atoms with Crippen LogP contribution >= 0.6 is 15.9 Å². The van der Waals surface area contributed by atoms with Gasteiger partial charge in [0.05, 0.1) is 0 Å². The summed E-state index contributed by atoms with van der Waals surface area (Å²) >= 11 is 3.43. The summed E-state index contributed by atoms with van der Waals surface area (Å²) in [5.41, 5.74) is 0. The molecule has 4 heteroatoms. The maximum Gasteiger partial charge on any atom is 0.119 e. The first kappa shape index (κ1) is 14.4. The van der Waals surface area contributed by atoms with E-state index in [1.165, 1.54) is 38.8 Å². The molecule has 1 N–H and O–H groups in total. The molecule has 3 nitrogen and oxygen atoms in total. The van der Waals surface area contributed by atoms with Gasteiger partial charge in [-0.15, -0.1) is 0 Å². The van der Waals surface area contributed by atoms with Crippen LogP contribution in [0.3, 0.4) is 0 Å². The van der Waals surface area contributed by atoms with Crippen LogP contribution < -0.4 is 10.1 Å². The van der Waals surface area contributed by atoms with E-state index in [0.717, 1.165) is 29.4 Å². The molecule has 0 amide bonds. The third-order valence-corrected chi connectivity index (χ3v) is 4.98. The summed E-state index contributed by atoms with van der Waals surface area (Å²) in [6.07, 6.45) is 5.44. The van der Waals surface area contributed by atoms with Gasteiger partial charge in [-0.05, 0) is 50.1 Å². The Hall–Kier alpha value is -0.580. The molecule has 2 saturated heterocycles. The summed E-state index contributed by atoms with van der Waals surface area (Å²) in [6.45, 7) is 4.25. The van der Waals surface area contributed by atoms with E-state index in [-0.39, 0.29) is 0 Å². The molecule has 0 aliphatic carbocycles. The molecule has 2 unspecified atom stereocenters. The minimum Gasteiger partial charge on any atom is -0.492 e. The summed E-state index contributed by atoms with van der Waals surface area (Å²) < 4.78 is 6.85. The molecule has 0 bridgehead atoms. The molecule has 2 aliphatic heterocycles. The Morgan fingerprint density at radius 2 is 2.00 bits per heavy atom. The van der Waals surface area contributed by atoms with Crippen LogP contribution in [0.15, 0.2) is 28.7 Å². The van der Waals surface area contributed by atoms with Crippen LogP contribution in [-0.4, -0.2) is 43.2 Å². The van der Waals surface area contributed by atoms with Gasteiger partial charge < -0.3 is 10.1 Å². The van der Waals surface area contributed by atoms with Gasteiger partial charge in [0.1, 0.15) is 12.4 Å². The Labute approximate surface area is 129 Å². The molecule has 1 aromatic rings. The highest BCUT2D eigenvalue weighted by Crippen LogP contribution is 2.26. The maximum atomic E-state index is 5.76. The molecular weight excluding hydrogens is 316 g/mol. The minimum atomic E-state index is 0.670. The fourth-order valence-corrected chi connectivity index (χ4v) is 3.69. The standard InChI is InChI=1S/C16H23BrN2O/c17-13-4-6-14(7-5-13)20-12-9-18-15-8-11-19-10-2-1-3-16(15)19/h4-7,15-16,18H,1-3,8-12H2. The lowest BCUT2D eigenvalue weighted by atomic mass is 9.99. The summed E-state index contributed by atoms with van der Waals surface area (Å²) in [7, 11) is 0. The lowest BCUT2D eigenvalue weighted by molar-refractivity contribution is 0.178. The molecule has 3 rings (SSSR count). The van der Waals surface area contributed by atoms with Crippen molar-refractivity contribution in [2.75, 3.05) is 26.2 Å². The number of fused-ring (bicyclic) bond motifs is 1. The highest BCUT2D eigenvalue weighted by atomic mass is 79.9. The summed E-state index contributed by atoms with van der Waals surface area (Å²) in [5, 5.41) is 3.69. The zero-order valence-corrected chi connectivity index (χ0v) is 13.4. The van der Waals surface area contributed by atoms with Gasteiger partial charge >= 0.3 is 0 Å². The van der Waals surface area contributed by atoms with Crippen LogP contribution in [0.1, 0.15) is 25.7 Å². The quantitative estimate of drug-likeness (QED) is 0.835. The lowest BCUT2D eigenvalue weighted by Crippen LogP contribution is -2.45. The molecule has 2 heterocycles. The predicted octanol–water partition coefficient (Wildman–Crippen LogP) is 3.04. The smallest absolute Gasteiger partial charge is 0.119 e. The second-order valence-electron chi connectivity index (χ2n) is 5.75. The molecule has 0 aromatic heterocycles.